The largest absolute Gasteiger partial charge is 0.456 e. The first-order valence-corrected chi connectivity index (χ1v) is 22.8. The number of methoxy groups -OCH3 is 6. The highest BCUT2D eigenvalue weighted by atomic mass is 16.5. The Kier molecular flexibility index (Phi) is 27.8. The van der Waals surface area contributed by atoms with Gasteiger partial charge in [-0.25, -0.2) is 0 Å². The van der Waals surface area contributed by atoms with E-state index in [-0.39, 0.29) is 5.78 Å². The fraction of sp³-hybridized carbons (Fsp3) is 0.612. The number of hydrogen-bond acceptors (Lipinski definition) is 17. The molecule has 0 saturated carbocycles. The third-order valence-corrected chi connectivity index (χ3v) is 10.6. The molecule has 0 spiro atoms. The van der Waals surface area contributed by atoms with E-state index >= 15 is 0 Å². The number of nitrogens with zero attached hydrogens (tertiary/aromatic N) is 3. The molecule has 1 aliphatic carbocycles. The molecule has 0 radical (unpaired) electrons. The average Bonchev–Trinajstić information content (AvgIpc) is 3.33. The Morgan fingerprint density at radius 3 is 1.06 bits per heavy atom. The zero-order valence-electron chi connectivity index (χ0n) is 40.2. The van der Waals surface area contributed by atoms with Crippen molar-refractivity contribution in [2.45, 2.75) is 0 Å². The van der Waals surface area contributed by atoms with Crippen LogP contribution in [0.25, 0.3) is 5.57 Å². The van der Waals surface area contributed by atoms with Crippen LogP contribution in [0.15, 0.2) is 65.9 Å². The highest BCUT2D eigenvalue weighted by Crippen LogP contribution is 2.48. The van der Waals surface area contributed by atoms with E-state index in [1.165, 1.54) is 0 Å². The van der Waals surface area contributed by atoms with Crippen LogP contribution in [-0.2, 0) is 61.6 Å². The van der Waals surface area contributed by atoms with Crippen LogP contribution in [0.3, 0.4) is 0 Å². The zero-order valence-corrected chi connectivity index (χ0v) is 40.2. The SMILES string of the molecule is COCCOCCN(CCOCCOC)C1=CC(=O)C(=C2c3ccc(N(CCOCCOC)CCOCCOC)cc3Oc3cc(N(CCOCCOC)CCOCCOC)ccc32)C=C1. The van der Waals surface area contributed by atoms with Crippen LogP contribution in [0.1, 0.15) is 11.1 Å². The Balaban J connectivity index is 1.74. The molecule has 2 aromatic rings. The molecule has 370 valence electrons. The van der Waals surface area contributed by atoms with Gasteiger partial charge in [0.1, 0.15) is 11.5 Å². The number of hydrogen-bond donors (Lipinski definition) is 0. The lowest BCUT2D eigenvalue weighted by Gasteiger charge is -2.31. The molecule has 0 aromatic heterocycles. The first kappa shape index (κ1) is 54.7. The monoisotopic (exact) mass is 930 g/mol. The van der Waals surface area contributed by atoms with Crippen molar-refractivity contribution in [3.05, 3.63) is 77.0 Å². The third-order valence-electron chi connectivity index (χ3n) is 10.6. The number of rotatable bonds is 39. The molecule has 0 atom stereocenters. The summed E-state index contributed by atoms with van der Waals surface area (Å²) in [7, 11) is 9.93. The minimum Gasteiger partial charge on any atom is -0.456 e. The molecule has 0 N–H and O–H groups in total. The molecule has 0 amide bonds. The van der Waals surface area contributed by atoms with Gasteiger partial charge in [-0.3, -0.25) is 4.79 Å². The number of carbonyl (C=O) groups is 1. The summed E-state index contributed by atoms with van der Waals surface area (Å²) in [4.78, 5) is 21.1. The van der Waals surface area contributed by atoms with Crippen molar-refractivity contribution in [3.63, 3.8) is 0 Å². The van der Waals surface area contributed by atoms with Crippen LogP contribution in [0.2, 0.25) is 0 Å². The first-order valence-electron chi connectivity index (χ1n) is 22.8. The minimum atomic E-state index is -0.119. The third kappa shape index (κ3) is 19.0. The smallest absolute Gasteiger partial charge is 0.188 e. The molecule has 1 aliphatic heterocycles. The summed E-state index contributed by atoms with van der Waals surface area (Å²) >= 11 is 0. The van der Waals surface area contributed by atoms with Crippen molar-refractivity contribution < 1.29 is 66.4 Å². The van der Waals surface area contributed by atoms with Gasteiger partial charge in [0.25, 0.3) is 0 Å². The highest BCUT2D eigenvalue weighted by Gasteiger charge is 2.29. The van der Waals surface area contributed by atoms with E-state index in [1.54, 1.807) is 48.7 Å². The molecule has 0 saturated heterocycles. The Bertz CT molecular complexity index is 1630. The number of allylic oxidation sites excluding steroid dienone is 4. The van der Waals surface area contributed by atoms with Crippen molar-refractivity contribution in [2.75, 3.05) is 211 Å². The molecule has 4 rings (SSSR count). The fourth-order valence-electron chi connectivity index (χ4n) is 7.09. The van der Waals surface area contributed by atoms with Gasteiger partial charge in [-0.05, 0) is 36.4 Å². The highest BCUT2D eigenvalue weighted by molar-refractivity contribution is 6.16. The molecule has 17 heteroatoms. The second-order valence-corrected chi connectivity index (χ2v) is 15.1. The maximum absolute atomic E-state index is 14.5. The Morgan fingerprint density at radius 2 is 0.742 bits per heavy atom. The first-order chi connectivity index (χ1) is 32.5. The van der Waals surface area contributed by atoms with Crippen molar-refractivity contribution in [1.29, 1.82) is 0 Å². The van der Waals surface area contributed by atoms with Gasteiger partial charge in [0, 0.05) is 139 Å². The van der Waals surface area contributed by atoms with Crippen LogP contribution < -0.4 is 14.5 Å². The van der Waals surface area contributed by atoms with Gasteiger partial charge in [0.2, 0.25) is 0 Å². The fourth-order valence-corrected chi connectivity index (χ4v) is 7.09. The van der Waals surface area contributed by atoms with Gasteiger partial charge in [0.15, 0.2) is 5.78 Å². The normalized spacial score (nSPS) is 13.2. The zero-order chi connectivity index (χ0) is 47.0. The summed E-state index contributed by atoms with van der Waals surface area (Å²) in [5.41, 5.74) is 5.59. The van der Waals surface area contributed by atoms with Crippen molar-refractivity contribution >= 4 is 22.7 Å². The Labute approximate surface area is 392 Å². The minimum absolute atomic E-state index is 0.119. The molecule has 2 aliphatic rings. The lowest BCUT2D eigenvalue weighted by atomic mass is 9.86. The second kappa shape index (κ2) is 33.5. The summed E-state index contributed by atoms with van der Waals surface area (Å²) in [5.74, 6) is 1.13. The lowest BCUT2D eigenvalue weighted by molar-refractivity contribution is -0.111. The van der Waals surface area contributed by atoms with Crippen molar-refractivity contribution in [3.8, 4) is 11.5 Å². The molecule has 66 heavy (non-hydrogen) atoms. The number of carbonyl (C=O) groups excluding carboxylic acids is 1. The molecular weight excluding hydrogens is 855 g/mol. The standard InChI is InChI=1S/C49H75N3O14/c1-54-25-31-60-19-13-50(14-20-61-32-26-55-2)40-7-10-43(46(53)37-40)49-44-11-8-41(51(15-21-62-33-27-56-3)16-22-63-34-28-57-4)38-47(44)66-48-39-42(9-12-45(48)49)52(17-23-64-35-29-58-5)18-24-65-36-30-59-6/h7-12,37-39H,13-36H2,1-6H3. The van der Waals surface area contributed by atoms with Crippen LogP contribution in [0.4, 0.5) is 11.4 Å². The Morgan fingerprint density at radius 1 is 0.409 bits per heavy atom. The van der Waals surface area contributed by atoms with Crippen LogP contribution in [0, 0.1) is 0 Å². The van der Waals surface area contributed by atoms with Crippen molar-refractivity contribution in [1.82, 2.24) is 4.90 Å². The van der Waals surface area contributed by atoms with E-state index in [2.05, 4.69) is 26.8 Å². The van der Waals surface area contributed by atoms with Crippen LogP contribution in [0.5, 0.6) is 11.5 Å². The molecule has 17 nitrogen and oxygen atoms in total. The van der Waals surface area contributed by atoms with Gasteiger partial charge < -0.3 is 76.3 Å². The number of ether oxygens (including phenoxy) is 13. The second-order valence-electron chi connectivity index (χ2n) is 15.1. The van der Waals surface area contributed by atoms with Crippen molar-refractivity contribution in [2.24, 2.45) is 0 Å². The van der Waals surface area contributed by atoms with Gasteiger partial charge in [-0.1, -0.05) is 0 Å². The topological polar surface area (TPSA) is 147 Å². The van der Waals surface area contributed by atoms with E-state index in [9.17, 15) is 4.79 Å². The van der Waals surface area contributed by atoms with Crippen LogP contribution in [-0.4, -0.2) is 212 Å². The summed E-state index contributed by atoms with van der Waals surface area (Å²) in [5, 5.41) is 0. The summed E-state index contributed by atoms with van der Waals surface area (Å²) in [6, 6.07) is 12.3. The van der Waals surface area contributed by atoms with Gasteiger partial charge in [-0.15, -0.1) is 0 Å². The Hall–Kier alpha value is -3.95. The van der Waals surface area contributed by atoms with E-state index in [0.29, 0.717) is 175 Å². The quantitative estimate of drug-likeness (QED) is 0.0584. The number of benzene rings is 2. The maximum atomic E-state index is 14.5. The summed E-state index contributed by atoms with van der Waals surface area (Å²) < 4.78 is 73.1. The maximum Gasteiger partial charge on any atom is 0.188 e. The summed E-state index contributed by atoms with van der Waals surface area (Å²) in [6.45, 7) is 12.4. The van der Waals surface area contributed by atoms with E-state index in [0.717, 1.165) is 33.8 Å². The lowest BCUT2D eigenvalue weighted by Crippen LogP contribution is -2.32. The average molecular weight is 930 g/mol. The number of anilines is 2. The van der Waals surface area contributed by atoms with Gasteiger partial charge >= 0.3 is 0 Å². The van der Waals surface area contributed by atoms with E-state index < -0.39 is 0 Å². The molecule has 0 fully saturated rings. The predicted molar refractivity (Wildman–Crippen MR) is 253 cm³/mol. The summed E-state index contributed by atoms with van der Waals surface area (Å²) in [6.07, 6.45) is 5.61. The van der Waals surface area contributed by atoms with Crippen LogP contribution >= 0.6 is 0 Å². The molecular formula is C49H75N3O14. The predicted octanol–water partition coefficient (Wildman–Crippen LogP) is 4.51. The number of fused-ring (bicyclic) bond motifs is 2. The molecule has 0 unspecified atom stereocenters. The van der Waals surface area contributed by atoms with E-state index in [1.807, 2.05) is 36.4 Å². The molecule has 1 heterocycles. The molecule has 2 aromatic carbocycles. The van der Waals surface area contributed by atoms with Gasteiger partial charge in [0.05, 0.1) is 119 Å². The molecule has 0 bridgehead atoms. The van der Waals surface area contributed by atoms with E-state index in [4.69, 9.17) is 61.6 Å². The van der Waals surface area contributed by atoms with Gasteiger partial charge in [-0.2, -0.15) is 0 Å². The number of ketones is 1.